The molecule has 3 nitrogen and oxygen atoms in total. The molecule has 1 aromatic rings. The summed E-state index contributed by atoms with van der Waals surface area (Å²) in [5.74, 6) is 0. The van der Waals surface area contributed by atoms with Gasteiger partial charge in [0.1, 0.15) is 5.15 Å². The topological polar surface area (TPSA) is 25.4 Å². The highest BCUT2D eigenvalue weighted by molar-refractivity contribution is 6.30. The zero-order valence-corrected chi connectivity index (χ0v) is 11.2. The Labute approximate surface area is 108 Å². The molecule has 17 heavy (non-hydrogen) atoms. The Morgan fingerprint density at radius 2 is 2.41 bits per heavy atom. The second-order valence-corrected chi connectivity index (χ2v) is 5.28. The number of piperidine rings is 1. The summed E-state index contributed by atoms with van der Waals surface area (Å²) in [5, 5.41) is 0.609. The highest BCUT2D eigenvalue weighted by atomic mass is 35.5. The van der Waals surface area contributed by atoms with E-state index >= 15 is 0 Å². The van der Waals surface area contributed by atoms with Gasteiger partial charge in [-0.25, -0.2) is 4.98 Å². The number of hydrogen-bond acceptors (Lipinski definition) is 3. The maximum Gasteiger partial charge on any atom is 0.133 e. The van der Waals surface area contributed by atoms with Gasteiger partial charge in [0.15, 0.2) is 0 Å². The van der Waals surface area contributed by atoms with Gasteiger partial charge in [-0.05, 0) is 32.4 Å². The summed E-state index contributed by atoms with van der Waals surface area (Å²) in [6, 6.07) is 3.97. The van der Waals surface area contributed by atoms with Crippen molar-refractivity contribution < 1.29 is 4.74 Å². The van der Waals surface area contributed by atoms with E-state index in [0.29, 0.717) is 5.15 Å². The molecule has 2 rings (SSSR count). The van der Waals surface area contributed by atoms with E-state index in [1.165, 1.54) is 6.42 Å². The fourth-order valence-electron chi connectivity index (χ4n) is 2.39. The third-order valence-corrected chi connectivity index (χ3v) is 3.80. The van der Waals surface area contributed by atoms with Gasteiger partial charge in [0, 0.05) is 32.0 Å². The summed E-state index contributed by atoms with van der Waals surface area (Å²) < 4.78 is 5.59. The first kappa shape index (κ1) is 12.8. The molecule has 94 valence electrons. The van der Waals surface area contributed by atoms with Crippen LogP contribution in [0.4, 0.5) is 0 Å². The lowest BCUT2D eigenvalue weighted by molar-refractivity contribution is -0.0527. The van der Waals surface area contributed by atoms with Crippen molar-refractivity contribution in [3.8, 4) is 0 Å². The predicted molar refractivity (Wildman–Crippen MR) is 69.2 cm³/mol. The van der Waals surface area contributed by atoms with E-state index in [4.69, 9.17) is 16.3 Å². The van der Waals surface area contributed by atoms with Crippen LogP contribution in [0.1, 0.15) is 25.3 Å². The van der Waals surface area contributed by atoms with Crippen molar-refractivity contribution in [1.29, 1.82) is 0 Å². The van der Waals surface area contributed by atoms with Crippen LogP contribution in [0.15, 0.2) is 18.3 Å². The molecule has 0 saturated carbocycles. The standard InChI is InChI=1S/C13H19ClN2O/c1-13(17-2)6-4-8-16(10-13)9-11-5-3-7-15-12(11)14/h3,5,7H,4,6,8-10H2,1-2H3. The van der Waals surface area contributed by atoms with Crippen molar-refractivity contribution in [1.82, 2.24) is 9.88 Å². The van der Waals surface area contributed by atoms with Crippen LogP contribution >= 0.6 is 11.6 Å². The van der Waals surface area contributed by atoms with E-state index < -0.39 is 0 Å². The molecule has 2 heterocycles. The maximum absolute atomic E-state index is 6.08. The predicted octanol–water partition coefficient (Wildman–Crippen LogP) is 2.74. The Morgan fingerprint density at radius 3 is 3.12 bits per heavy atom. The molecular formula is C13H19ClN2O. The monoisotopic (exact) mass is 254 g/mol. The van der Waals surface area contributed by atoms with Gasteiger partial charge >= 0.3 is 0 Å². The maximum atomic E-state index is 6.08. The van der Waals surface area contributed by atoms with E-state index in [1.807, 2.05) is 12.1 Å². The van der Waals surface area contributed by atoms with Gasteiger partial charge in [0.2, 0.25) is 0 Å². The molecule has 1 unspecified atom stereocenters. The molecule has 1 atom stereocenters. The fraction of sp³-hybridized carbons (Fsp3) is 0.615. The third kappa shape index (κ3) is 3.18. The Kier molecular flexibility index (Phi) is 4.02. The van der Waals surface area contributed by atoms with Crippen molar-refractivity contribution in [2.45, 2.75) is 31.9 Å². The highest BCUT2D eigenvalue weighted by Crippen LogP contribution is 2.25. The Bertz CT molecular complexity index is 385. The molecule has 4 heteroatoms. The molecule has 0 spiro atoms. The lowest BCUT2D eigenvalue weighted by Gasteiger charge is -2.39. The molecule has 0 radical (unpaired) electrons. The Hall–Kier alpha value is -0.640. The number of rotatable bonds is 3. The minimum atomic E-state index is -0.0209. The molecule has 1 saturated heterocycles. The van der Waals surface area contributed by atoms with Crippen LogP contribution in [0.25, 0.3) is 0 Å². The van der Waals surface area contributed by atoms with Gasteiger partial charge in [0.05, 0.1) is 5.60 Å². The van der Waals surface area contributed by atoms with Crippen molar-refractivity contribution in [3.63, 3.8) is 0 Å². The average molecular weight is 255 g/mol. The molecule has 0 N–H and O–H groups in total. The number of methoxy groups -OCH3 is 1. The van der Waals surface area contributed by atoms with E-state index in [1.54, 1.807) is 13.3 Å². The molecule has 0 aliphatic carbocycles. The number of aromatic nitrogens is 1. The van der Waals surface area contributed by atoms with Crippen LogP contribution in [-0.2, 0) is 11.3 Å². The zero-order valence-electron chi connectivity index (χ0n) is 10.4. The van der Waals surface area contributed by atoms with E-state index in [2.05, 4.69) is 16.8 Å². The molecule has 1 aliphatic heterocycles. The van der Waals surface area contributed by atoms with Crippen molar-refractivity contribution in [3.05, 3.63) is 29.0 Å². The second kappa shape index (κ2) is 5.34. The minimum absolute atomic E-state index is 0.0209. The first-order valence-electron chi connectivity index (χ1n) is 6.00. The van der Waals surface area contributed by atoms with E-state index in [9.17, 15) is 0 Å². The third-order valence-electron chi connectivity index (χ3n) is 3.46. The van der Waals surface area contributed by atoms with Crippen LogP contribution in [0.3, 0.4) is 0 Å². The smallest absolute Gasteiger partial charge is 0.133 e. The molecule has 1 fully saturated rings. The normalized spacial score (nSPS) is 26.1. The first-order chi connectivity index (χ1) is 8.13. The number of pyridine rings is 1. The molecule has 0 bridgehead atoms. The second-order valence-electron chi connectivity index (χ2n) is 4.92. The van der Waals surface area contributed by atoms with Crippen LogP contribution in [0, 0.1) is 0 Å². The molecular weight excluding hydrogens is 236 g/mol. The van der Waals surface area contributed by atoms with Gasteiger partial charge < -0.3 is 4.74 Å². The van der Waals surface area contributed by atoms with E-state index in [-0.39, 0.29) is 5.60 Å². The summed E-state index contributed by atoms with van der Waals surface area (Å²) in [4.78, 5) is 6.49. The molecule has 0 amide bonds. The van der Waals surface area contributed by atoms with Crippen LogP contribution in [-0.4, -0.2) is 35.7 Å². The van der Waals surface area contributed by atoms with Gasteiger partial charge in [0.25, 0.3) is 0 Å². The summed E-state index contributed by atoms with van der Waals surface area (Å²) in [5.41, 5.74) is 1.07. The quantitative estimate of drug-likeness (QED) is 0.776. The lowest BCUT2D eigenvalue weighted by Crippen LogP contribution is -2.46. The minimum Gasteiger partial charge on any atom is -0.377 e. The summed E-state index contributed by atoms with van der Waals surface area (Å²) in [7, 11) is 1.79. The van der Waals surface area contributed by atoms with Crippen LogP contribution in [0.5, 0.6) is 0 Å². The first-order valence-corrected chi connectivity index (χ1v) is 6.38. The summed E-state index contributed by atoms with van der Waals surface area (Å²) >= 11 is 6.08. The summed E-state index contributed by atoms with van der Waals surface area (Å²) in [6.45, 7) is 5.08. The zero-order chi connectivity index (χ0) is 12.3. The SMILES string of the molecule is COC1(C)CCCN(Cc2cccnc2Cl)C1. The molecule has 1 aromatic heterocycles. The molecule has 0 aromatic carbocycles. The van der Waals surface area contributed by atoms with Crippen molar-refractivity contribution in [2.75, 3.05) is 20.2 Å². The Balaban J connectivity index is 2.02. The Morgan fingerprint density at radius 1 is 1.59 bits per heavy atom. The number of halogens is 1. The fourth-order valence-corrected chi connectivity index (χ4v) is 2.57. The highest BCUT2D eigenvalue weighted by Gasteiger charge is 2.30. The largest absolute Gasteiger partial charge is 0.377 e. The van der Waals surface area contributed by atoms with Gasteiger partial charge in [-0.1, -0.05) is 17.7 Å². The number of nitrogens with zero attached hydrogens (tertiary/aromatic N) is 2. The molecule has 1 aliphatic rings. The van der Waals surface area contributed by atoms with Crippen LogP contribution in [0.2, 0.25) is 5.15 Å². The number of likely N-dealkylation sites (tertiary alicyclic amines) is 1. The van der Waals surface area contributed by atoms with Crippen LogP contribution < -0.4 is 0 Å². The van der Waals surface area contributed by atoms with Crippen molar-refractivity contribution in [2.24, 2.45) is 0 Å². The average Bonchev–Trinajstić information content (AvgIpc) is 2.32. The van der Waals surface area contributed by atoms with Crippen molar-refractivity contribution >= 4 is 11.6 Å². The lowest BCUT2D eigenvalue weighted by atomic mass is 9.94. The van der Waals surface area contributed by atoms with Gasteiger partial charge in [-0.3, -0.25) is 4.90 Å². The van der Waals surface area contributed by atoms with Gasteiger partial charge in [-0.2, -0.15) is 0 Å². The van der Waals surface area contributed by atoms with Gasteiger partial charge in [-0.15, -0.1) is 0 Å². The summed E-state index contributed by atoms with van der Waals surface area (Å²) in [6.07, 6.45) is 4.02. The number of hydrogen-bond donors (Lipinski definition) is 0. The number of ether oxygens (including phenoxy) is 1. The van der Waals surface area contributed by atoms with E-state index in [0.717, 1.165) is 31.6 Å².